The topological polar surface area (TPSA) is 0 Å². The van der Waals surface area contributed by atoms with Gasteiger partial charge in [-0.15, -0.1) is 0 Å². The van der Waals surface area contributed by atoms with E-state index < -0.39 is 0 Å². The Morgan fingerprint density at radius 1 is 1.40 bits per heavy atom. The van der Waals surface area contributed by atoms with Crippen molar-refractivity contribution in [2.24, 2.45) is 0 Å². The predicted molar refractivity (Wildman–Crippen MR) is 52.9 cm³/mol. The third kappa shape index (κ3) is 3.55. The van der Waals surface area contributed by atoms with Gasteiger partial charge in [0.05, 0.1) is 0 Å². The van der Waals surface area contributed by atoms with Gasteiger partial charge in [0, 0.05) is 0 Å². The van der Waals surface area contributed by atoms with Crippen molar-refractivity contribution in [1.82, 2.24) is 0 Å². The van der Waals surface area contributed by atoms with Gasteiger partial charge in [0.2, 0.25) is 0 Å². The minimum Gasteiger partial charge on any atom is -0.234 e. The Hall–Kier alpha value is 0.415. The smallest absolute Gasteiger partial charge is 0.193 e. The Morgan fingerprint density at radius 2 is 2.00 bits per heavy atom. The number of thiol groups is 1. The van der Waals surface area contributed by atoms with Crippen LogP contribution in [0.15, 0.2) is 0 Å². The quantitative estimate of drug-likeness (QED) is 0.459. The second kappa shape index (κ2) is 5.12. The molecule has 2 heteroatoms. The summed E-state index contributed by atoms with van der Waals surface area (Å²) >= 11 is 4.23. The van der Waals surface area contributed by atoms with Gasteiger partial charge in [-0.05, 0) is 5.31 Å². The monoisotopic (exact) mass is 157 g/mol. The molecular formula is C8H18BS. The lowest BCUT2D eigenvalue weighted by molar-refractivity contribution is 0.513. The molecular weight excluding hydrogens is 139 g/mol. The fraction of sp³-hybridized carbons (Fsp3) is 1.00. The van der Waals surface area contributed by atoms with E-state index >= 15 is 0 Å². The summed E-state index contributed by atoms with van der Waals surface area (Å²) in [5, 5.41) is 0.374. The van der Waals surface area contributed by atoms with E-state index in [2.05, 4.69) is 33.3 Å². The van der Waals surface area contributed by atoms with Gasteiger partial charge in [0.15, 0.2) is 6.56 Å². The first-order valence-corrected chi connectivity index (χ1v) is 4.68. The van der Waals surface area contributed by atoms with Crippen molar-refractivity contribution in [1.29, 1.82) is 0 Å². The molecule has 0 bridgehead atoms. The molecule has 0 aliphatic heterocycles. The number of unbranched alkanes of at least 4 members (excludes halogenated alkanes) is 1. The lowest BCUT2D eigenvalue weighted by atomic mass is 9.64. The third-order valence-corrected chi connectivity index (χ3v) is 2.84. The normalized spacial score (nSPS) is 16.4. The zero-order valence-electron chi connectivity index (χ0n) is 7.35. The van der Waals surface area contributed by atoms with Crippen molar-refractivity contribution in [3.05, 3.63) is 0 Å². The molecule has 1 atom stereocenters. The van der Waals surface area contributed by atoms with Gasteiger partial charge >= 0.3 is 0 Å². The molecule has 0 aliphatic rings. The van der Waals surface area contributed by atoms with Crippen molar-refractivity contribution in [2.45, 2.75) is 51.8 Å². The summed E-state index contributed by atoms with van der Waals surface area (Å²) in [5.41, 5.74) is 0. The SMILES string of the molecule is CCCCC(C)([B]S)CC. The summed E-state index contributed by atoms with van der Waals surface area (Å²) in [6.45, 7) is 8.77. The van der Waals surface area contributed by atoms with Crippen LogP contribution in [-0.4, -0.2) is 6.56 Å². The second-order valence-electron chi connectivity index (χ2n) is 3.24. The van der Waals surface area contributed by atoms with Gasteiger partial charge < -0.3 is 0 Å². The maximum atomic E-state index is 4.23. The fourth-order valence-corrected chi connectivity index (χ4v) is 1.22. The van der Waals surface area contributed by atoms with E-state index in [1.54, 1.807) is 0 Å². The molecule has 10 heavy (non-hydrogen) atoms. The van der Waals surface area contributed by atoms with Gasteiger partial charge in [0.25, 0.3) is 0 Å². The largest absolute Gasteiger partial charge is 0.234 e. The maximum Gasteiger partial charge on any atom is 0.193 e. The molecule has 1 radical (unpaired) electrons. The van der Waals surface area contributed by atoms with Crippen LogP contribution in [-0.2, 0) is 0 Å². The minimum atomic E-state index is 0.374. The van der Waals surface area contributed by atoms with Gasteiger partial charge in [-0.2, -0.15) is 0 Å². The highest BCUT2D eigenvalue weighted by Crippen LogP contribution is 2.35. The van der Waals surface area contributed by atoms with Crippen molar-refractivity contribution in [3.63, 3.8) is 0 Å². The Morgan fingerprint density at radius 3 is 2.30 bits per heavy atom. The highest BCUT2D eigenvalue weighted by molar-refractivity contribution is 8.07. The number of hydrogen-bond acceptors (Lipinski definition) is 1. The zero-order valence-corrected chi connectivity index (χ0v) is 8.25. The summed E-state index contributed by atoms with van der Waals surface area (Å²) in [6, 6.07) is 0. The van der Waals surface area contributed by atoms with E-state index in [0.29, 0.717) is 5.31 Å². The van der Waals surface area contributed by atoms with E-state index in [1.165, 1.54) is 25.7 Å². The number of rotatable bonds is 5. The van der Waals surface area contributed by atoms with E-state index in [-0.39, 0.29) is 0 Å². The van der Waals surface area contributed by atoms with Crippen molar-refractivity contribution in [3.8, 4) is 0 Å². The molecule has 0 N–H and O–H groups in total. The lowest BCUT2D eigenvalue weighted by Gasteiger charge is -2.24. The first kappa shape index (κ1) is 10.4. The third-order valence-electron chi connectivity index (χ3n) is 2.22. The predicted octanol–water partition coefficient (Wildman–Crippen LogP) is 3.31. The van der Waals surface area contributed by atoms with E-state index in [0.717, 1.165) is 0 Å². The van der Waals surface area contributed by atoms with Crippen LogP contribution in [0.5, 0.6) is 0 Å². The molecule has 0 amide bonds. The van der Waals surface area contributed by atoms with Gasteiger partial charge in [-0.3, -0.25) is 0 Å². The van der Waals surface area contributed by atoms with Gasteiger partial charge in [0.1, 0.15) is 0 Å². The molecule has 0 spiro atoms. The molecule has 0 aromatic rings. The average Bonchev–Trinajstić information content (AvgIpc) is 2.00. The number of hydrogen-bond donors (Lipinski definition) is 1. The van der Waals surface area contributed by atoms with Crippen LogP contribution >= 0.6 is 12.5 Å². The summed E-state index contributed by atoms with van der Waals surface area (Å²) in [4.78, 5) is 0. The first-order chi connectivity index (χ1) is 4.68. The Bertz CT molecular complexity index is 79.3. The molecule has 0 aromatic heterocycles. The van der Waals surface area contributed by atoms with Crippen molar-refractivity contribution < 1.29 is 0 Å². The van der Waals surface area contributed by atoms with Crippen LogP contribution in [0.2, 0.25) is 5.31 Å². The van der Waals surface area contributed by atoms with Crippen LogP contribution < -0.4 is 0 Å². The summed E-state index contributed by atoms with van der Waals surface area (Å²) in [6.07, 6.45) is 5.10. The summed E-state index contributed by atoms with van der Waals surface area (Å²) < 4.78 is 0. The molecule has 0 rings (SSSR count). The van der Waals surface area contributed by atoms with E-state index in [9.17, 15) is 0 Å². The molecule has 0 fully saturated rings. The Balaban J connectivity index is 3.58. The second-order valence-corrected chi connectivity index (χ2v) is 3.50. The highest BCUT2D eigenvalue weighted by atomic mass is 32.1. The summed E-state index contributed by atoms with van der Waals surface area (Å²) in [5.74, 6) is 0. The first-order valence-electron chi connectivity index (χ1n) is 4.17. The Labute approximate surface area is 71.3 Å². The zero-order chi connectivity index (χ0) is 8.04. The maximum absolute atomic E-state index is 4.23. The van der Waals surface area contributed by atoms with Gasteiger partial charge in [-0.25, -0.2) is 12.5 Å². The standard InChI is InChI=1S/C8H18BS/c1-4-6-7-8(3,5-2)9-10/h10H,4-7H2,1-3H3. The Kier molecular flexibility index (Phi) is 5.33. The van der Waals surface area contributed by atoms with E-state index in [4.69, 9.17) is 0 Å². The molecule has 1 unspecified atom stereocenters. The van der Waals surface area contributed by atoms with Gasteiger partial charge in [-0.1, -0.05) is 46.5 Å². The lowest BCUT2D eigenvalue weighted by Crippen LogP contribution is -2.11. The van der Waals surface area contributed by atoms with Crippen LogP contribution in [0.3, 0.4) is 0 Å². The molecule has 0 aliphatic carbocycles. The minimum absolute atomic E-state index is 0.374. The van der Waals surface area contributed by atoms with Crippen molar-refractivity contribution in [2.75, 3.05) is 0 Å². The summed E-state index contributed by atoms with van der Waals surface area (Å²) in [7, 11) is 0. The molecule has 0 saturated heterocycles. The highest BCUT2D eigenvalue weighted by Gasteiger charge is 2.19. The average molecular weight is 157 g/mol. The molecule has 0 nitrogen and oxygen atoms in total. The molecule has 0 heterocycles. The van der Waals surface area contributed by atoms with Crippen LogP contribution in [0.25, 0.3) is 0 Å². The molecule has 59 valence electrons. The van der Waals surface area contributed by atoms with E-state index in [1.807, 2.05) is 6.56 Å². The fourth-order valence-electron chi connectivity index (χ4n) is 0.913. The van der Waals surface area contributed by atoms with Crippen molar-refractivity contribution >= 4 is 19.0 Å². The van der Waals surface area contributed by atoms with Crippen LogP contribution in [0.1, 0.15) is 46.5 Å². The molecule has 0 aromatic carbocycles. The van der Waals surface area contributed by atoms with Crippen LogP contribution in [0, 0.1) is 0 Å². The molecule has 0 saturated carbocycles. The van der Waals surface area contributed by atoms with Crippen LogP contribution in [0.4, 0.5) is 0 Å².